The zero-order valence-corrected chi connectivity index (χ0v) is 10.4. The van der Waals surface area contributed by atoms with Crippen LogP contribution in [0.2, 0.25) is 0 Å². The highest BCUT2D eigenvalue weighted by Crippen LogP contribution is 2.26. The van der Waals surface area contributed by atoms with E-state index in [9.17, 15) is 5.11 Å². The van der Waals surface area contributed by atoms with E-state index in [0.29, 0.717) is 11.3 Å². The first kappa shape index (κ1) is 12.2. The lowest BCUT2D eigenvalue weighted by Crippen LogP contribution is -2.03. The number of aromatic hydroxyl groups is 1. The van der Waals surface area contributed by atoms with Gasteiger partial charge in [0.15, 0.2) is 0 Å². The van der Waals surface area contributed by atoms with Gasteiger partial charge in [-0.15, -0.1) is 0 Å². The second-order valence-electron chi connectivity index (χ2n) is 3.82. The largest absolute Gasteiger partial charge is 0.507 e. The molecule has 0 amide bonds. The van der Waals surface area contributed by atoms with Crippen molar-refractivity contribution >= 4 is 5.71 Å². The Morgan fingerprint density at radius 3 is 2.39 bits per heavy atom. The number of nitrogens with zero attached hydrogens (tertiary/aromatic N) is 1. The van der Waals surface area contributed by atoms with Gasteiger partial charge >= 0.3 is 0 Å². The number of methoxy groups -OCH3 is 1. The van der Waals surface area contributed by atoms with Crippen LogP contribution in [0.4, 0.5) is 0 Å². The summed E-state index contributed by atoms with van der Waals surface area (Å²) in [6.45, 7) is 0. The third-order valence-corrected chi connectivity index (χ3v) is 2.73. The molecule has 2 rings (SSSR count). The summed E-state index contributed by atoms with van der Waals surface area (Å²) >= 11 is 0. The quantitative estimate of drug-likeness (QED) is 0.839. The molecule has 3 nitrogen and oxygen atoms in total. The van der Waals surface area contributed by atoms with Crippen molar-refractivity contribution in [3.8, 4) is 11.5 Å². The molecule has 0 heterocycles. The Kier molecular flexibility index (Phi) is 3.63. The van der Waals surface area contributed by atoms with E-state index in [1.165, 1.54) is 0 Å². The summed E-state index contributed by atoms with van der Waals surface area (Å²) in [4.78, 5) is 4.26. The average molecular weight is 241 g/mol. The topological polar surface area (TPSA) is 41.8 Å². The predicted octanol–water partition coefficient (Wildman–Crippen LogP) is 2.87. The molecule has 2 aromatic rings. The van der Waals surface area contributed by atoms with Crippen molar-refractivity contribution in [2.24, 2.45) is 4.99 Å². The van der Waals surface area contributed by atoms with Gasteiger partial charge < -0.3 is 9.84 Å². The molecule has 1 N–H and O–H groups in total. The summed E-state index contributed by atoms with van der Waals surface area (Å²) in [6.07, 6.45) is 0. The molecule has 0 spiro atoms. The summed E-state index contributed by atoms with van der Waals surface area (Å²) in [5.74, 6) is 0.790. The van der Waals surface area contributed by atoms with Crippen molar-refractivity contribution in [3.63, 3.8) is 0 Å². The van der Waals surface area contributed by atoms with Crippen molar-refractivity contribution in [2.45, 2.75) is 0 Å². The van der Waals surface area contributed by atoms with E-state index >= 15 is 0 Å². The van der Waals surface area contributed by atoms with Gasteiger partial charge in [0, 0.05) is 24.2 Å². The molecule has 92 valence electrons. The minimum Gasteiger partial charge on any atom is -0.507 e. The number of phenolic OH excluding ortho intramolecular Hbond substituents is 1. The highest BCUT2D eigenvalue weighted by Gasteiger charge is 2.11. The van der Waals surface area contributed by atoms with E-state index in [0.717, 1.165) is 11.3 Å². The first-order valence-corrected chi connectivity index (χ1v) is 5.66. The second-order valence-corrected chi connectivity index (χ2v) is 3.82. The molecule has 0 saturated heterocycles. The molecule has 0 aromatic heterocycles. The molecule has 0 fully saturated rings. The molecule has 18 heavy (non-hydrogen) atoms. The van der Waals surface area contributed by atoms with E-state index in [1.54, 1.807) is 20.2 Å². The van der Waals surface area contributed by atoms with Crippen LogP contribution in [0.25, 0.3) is 0 Å². The third kappa shape index (κ3) is 2.35. The third-order valence-electron chi connectivity index (χ3n) is 2.73. The van der Waals surface area contributed by atoms with Crippen LogP contribution in [0.1, 0.15) is 11.1 Å². The maximum absolute atomic E-state index is 10.0. The van der Waals surface area contributed by atoms with Crippen LogP contribution < -0.4 is 4.74 Å². The molecule has 0 unspecified atom stereocenters. The van der Waals surface area contributed by atoms with Gasteiger partial charge in [-0.05, 0) is 12.1 Å². The monoisotopic (exact) mass is 241 g/mol. The molecule has 3 heteroatoms. The minimum absolute atomic E-state index is 0.166. The van der Waals surface area contributed by atoms with Crippen LogP contribution in [-0.4, -0.2) is 25.0 Å². The molecule has 0 aliphatic heterocycles. The van der Waals surface area contributed by atoms with Crippen molar-refractivity contribution in [2.75, 3.05) is 14.2 Å². The first-order valence-electron chi connectivity index (χ1n) is 5.66. The maximum Gasteiger partial charge on any atom is 0.128 e. The Balaban J connectivity index is 2.47. The molecule has 2 aromatic carbocycles. The Morgan fingerprint density at radius 2 is 1.83 bits per heavy atom. The minimum atomic E-state index is 0.166. The van der Waals surface area contributed by atoms with E-state index in [-0.39, 0.29) is 5.75 Å². The van der Waals surface area contributed by atoms with Crippen LogP contribution >= 0.6 is 0 Å². The molecule has 0 saturated carbocycles. The fourth-order valence-electron chi connectivity index (χ4n) is 1.84. The normalized spacial score (nSPS) is 11.3. The SMILES string of the molecule is CN=C(c1ccccc1)c1ccc(OC)cc1O. The van der Waals surface area contributed by atoms with Crippen LogP contribution in [0, 0.1) is 0 Å². The van der Waals surface area contributed by atoms with Gasteiger partial charge in [-0.3, -0.25) is 4.99 Å². The van der Waals surface area contributed by atoms with Gasteiger partial charge in [0.25, 0.3) is 0 Å². The number of phenols is 1. The molecule has 0 aliphatic carbocycles. The summed E-state index contributed by atoms with van der Waals surface area (Å²) in [6, 6.07) is 15.0. The number of ether oxygens (including phenoxy) is 1. The van der Waals surface area contributed by atoms with Crippen molar-refractivity contribution in [1.82, 2.24) is 0 Å². The maximum atomic E-state index is 10.0. The van der Waals surface area contributed by atoms with E-state index in [1.807, 2.05) is 42.5 Å². The second kappa shape index (κ2) is 5.36. The Hall–Kier alpha value is -2.29. The Labute approximate surface area is 106 Å². The Morgan fingerprint density at radius 1 is 1.11 bits per heavy atom. The van der Waals surface area contributed by atoms with Gasteiger partial charge in [-0.25, -0.2) is 0 Å². The van der Waals surface area contributed by atoms with Gasteiger partial charge in [0.1, 0.15) is 11.5 Å². The summed E-state index contributed by atoms with van der Waals surface area (Å²) in [5, 5.41) is 10.0. The number of rotatable bonds is 3. The predicted molar refractivity (Wildman–Crippen MR) is 72.7 cm³/mol. The van der Waals surface area contributed by atoms with Crippen LogP contribution in [0.5, 0.6) is 11.5 Å². The summed E-state index contributed by atoms with van der Waals surface area (Å²) in [7, 11) is 3.28. The molecular formula is C15H15NO2. The summed E-state index contributed by atoms with van der Waals surface area (Å²) in [5.41, 5.74) is 2.43. The average Bonchev–Trinajstić information content (AvgIpc) is 2.42. The number of benzene rings is 2. The summed E-state index contributed by atoms with van der Waals surface area (Å²) < 4.78 is 5.07. The van der Waals surface area contributed by atoms with Gasteiger partial charge in [0.05, 0.1) is 12.8 Å². The standard InChI is InChI=1S/C15H15NO2/c1-16-15(11-6-4-3-5-7-11)13-9-8-12(18-2)10-14(13)17/h3-10,17H,1-2H3. The van der Waals surface area contributed by atoms with Crippen LogP contribution in [-0.2, 0) is 0 Å². The van der Waals surface area contributed by atoms with E-state index in [4.69, 9.17) is 4.74 Å². The van der Waals surface area contributed by atoms with Gasteiger partial charge in [0.2, 0.25) is 0 Å². The highest BCUT2D eigenvalue weighted by molar-refractivity contribution is 6.14. The van der Waals surface area contributed by atoms with Crippen molar-refractivity contribution in [3.05, 3.63) is 59.7 Å². The van der Waals surface area contributed by atoms with Crippen LogP contribution in [0.3, 0.4) is 0 Å². The molecule has 0 radical (unpaired) electrons. The lowest BCUT2D eigenvalue weighted by atomic mass is 10.0. The zero-order chi connectivity index (χ0) is 13.0. The van der Waals surface area contributed by atoms with E-state index in [2.05, 4.69) is 4.99 Å². The van der Waals surface area contributed by atoms with Crippen LogP contribution in [0.15, 0.2) is 53.5 Å². The molecule has 0 aliphatic rings. The van der Waals surface area contributed by atoms with Gasteiger partial charge in [-0.1, -0.05) is 30.3 Å². The highest BCUT2D eigenvalue weighted by atomic mass is 16.5. The fourth-order valence-corrected chi connectivity index (χ4v) is 1.84. The lowest BCUT2D eigenvalue weighted by molar-refractivity contribution is 0.407. The van der Waals surface area contributed by atoms with E-state index < -0.39 is 0 Å². The number of hydrogen-bond donors (Lipinski definition) is 1. The smallest absolute Gasteiger partial charge is 0.128 e. The number of aliphatic imine (C=N–C) groups is 1. The Bertz CT molecular complexity index is 562. The van der Waals surface area contributed by atoms with Crippen molar-refractivity contribution < 1.29 is 9.84 Å². The fraction of sp³-hybridized carbons (Fsp3) is 0.133. The first-order chi connectivity index (χ1) is 8.76. The number of hydrogen-bond acceptors (Lipinski definition) is 3. The zero-order valence-electron chi connectivity index (χ0n) is 10.4. The van der Waals surface area contributed by atoms with Gasteiger partial charge in [-0.2, -0.15) is 0 Å². The molecule has 0 bridgehead atoms. The molecule has 0 atom stereocenters. The van der Waals surface area contributed by atoms with Crippen molar-refractivity contribution in [1.29, 1.82) is 0 Å². The lowest BCUT2D eigenvalue weighted by Gasteiger charge is -2.09. The molecular weight excluding hydrogens is 226 g/mol.